The topological polar surface area (TPSA) is 105 Å². The molecule has 0 fully saturated rings. The van der Waals surface area contributed by atoms with Crippen LogP contribution in [0.4, 0.5) is 0 Å². The van der Waals surface area contributed by atoms with Crippen molar-refractivity contribution in [3.8, 4) is 0 Å². The van der Waals surface area contributed by atoms with E-state index in [2.05, 4.69) is 15.5 Å². The molecule has 0 aliphatic rings. The van der Waals surface area contributed by atoms with Gasteiger partial charge in [0.15, 0.2) is 5.82 Å². The molecule has 0 aliphatic carbocycles. The predicted octanol–water partition coefficient (Wildman–Crippen LogP) is 0.290. The largest absolute Gasteiger partial charge is 0.480 e. The number of aromatic nitrogens is 2. The highest BCUT2D eigenvalue weighted by Gasteiger charge is 2.13. The van der Waals surface area contributed by atoms with E-state index in [1.54, 1.807) is 6.92 Å². The molecule has 1 atom stereocenters. The van der Waals surface area contributed by atoms with Gasteiger partial charge in [-0.15, -0.1) is 0 Å². The van der Waals surface area contributed by atoms with Gasteiger partial charge in [0.1, 0.15) is 6.04 Å². The van der Waals surface area contributed by atoms with Gasteiger partial charge in [0, 0.05) is 12.8 Å². The van der Waals surface area contributed by atoms with Crippen LogP contribution >= 0.6 is 0 Å². The number of carbonyl (C=O) groups is 2. The minimum Gasteiger partial charge on any atom is -0.480 e. The van der Waals surface area contributed by atoms with Gasteiger partial charge in [-0.05, 0) is 20.3 Å². The van der Waals surface area contributed by atoms with Crippen molar-refractivity contribution in [2.45, 2.75) is 39.2 Å². The van der Waals surface area contributed by atoms with Crippen molar-refractivity contribution in [2.75, 3.05) is 0 Å². The number of hydrogen-bond donors (Lipinski definition) is 2. The minimum absolute atomic E-state index is 0.235. The summed E-state index contributed by atoms with van der Waals surface area (Å²) in [6, 6.07) is -0.867. The lowest BCUT2D eigenvalue weighted by atomic mass is 10.2. The molecule has 1 heterocycles. The van der Waals surface area contributed by atoms with Crippen LogP contribution in [-0.2, 0) is 16.0 Å². The molecule has 0 aromatic carbocycles. The van der Waals surface area contributed by atoms with E-state index in [9.17, 15) is 9.59 Å². The van der Waals surface area contributed by atoms with Crippen molar-refractivity contribution in [1.82, 2.24) is 15.5 Å². The average molecular weight is 241 g/mol. The Hall–Kier alpha value is -1.92. The minimum atomic E-state index is -1.05. The molecular formula is C10H15N3O4. The smallest absolute Gasteiger partial charge is 0.325 e. The van der Waals surface area contributed by atoms with Crippen LogP contribution in [0.3, 0.4) is 0 Å². The van der Waals surface area contributed by atoms with E-state index >= 15 is 0 Å². The maximum absolute atomic E-state index is 11.3. The molecule has 1 aromatic heterocycles. The fourth-order valence-electron chi connectivity index (χ4n) is 1.22. The molecule has 7 nitrogen and oxygen atoms in total. The predicted molar refractivity (Wildman–Crippen MR) is 57.2 cm³/mol. The highest BCUT2D eigenvalue weighted by Crippen LogP contribution is 2.02. The Balaban J connectivity index is 2.22. The van der Waals surface area contributed by atoms with Gasteiger partial charge in [0.25, 0.3) is 0 Å². The number of carboxylic acid groups (broad SMARTS) is 1. The zero-order valence-corrected chi connectivity index (χ0v) is 9.77. The second-order valence-electron chi connectivity index (χ2n) is 3.72. The molecule has 2 N–H and O–H groups in total. The lowest BCUT2D eigenvalue weighted by Gasteiger charge is -2.08. The van der Waals surface area contributed by atoms with Gasteiger partial charge >= 0.3 is 5.97 Å². The molecule has 94 valence electrons. The van der Waals surface area contributed by atoms with Crippen LogP contribution in [0.5, 0.6) is 0 Å². The van der Waals surface area contributed by atoms with E-state index in [0.717, 1.165) is 0 Å². The Morgan fingerprint density at radius 2 is 2.24 bits per heavy atom. The molecule has 0 spiro atoms. The number of carbonyl (C=O) groups excluding carboxylic acids is 1. The Labute approximate surface area is 98.2 Å². The summed E-state index contributed by atoms with van der Waals surface area (Å²) in [6.45, 7) is 3.13. The SMILES string of the molecule is Cc1noc(CCCC(=O)N[C@@H](C)C(=O)O)n1. The van der Waals surface area contributed by atoms with Gasteiger partial charge in [0.05, 0.1) is 0 Å². The molecule has 17 heavy (non-hydrogen) atoms. The summed E-state index contributed by atoms with van der Waals surface area (Å²) in [7, 11) is 0. The first kappa shape index (κ1) is 13.1. The van der Waals surface area contributed by atoms with Crippen molar-refractivity contribution >= 4 is 11.9 Å². The fraction of sp³-hybridized carbons (Fsp3) is 0.600. The van der Waals surface area contributed by atoms with E-state index < -0.39 is 12.0 Å². The normalized spacial score (nSPS) is 12.1. The van der Waals surface area contributed by atoms with Crippen molar-refractivity contribution in [2.24, 2.45) is 0 Å². The Bertz CT molecular complexity index is 402. The lowest BCUT2D eigenvalue weighted by Crippen LogP contribution is -2.38. The van der Waals surface area contributed by atoms with Crippen LogP contribution in [0, 0.1) is 6.92 Å². The molecular weight excluding hydrogens is 226 g/mol. The Morgan fingerprint density at radius 1 is 1.53 bits per heavy atom. The summed E-state index contributed by atoms with van der Waals surface area (Å²) in [5.41, 5.74) is 0. The van der Waals surface area contributed by atoms with Gasteiger partial charge in [-0.25, -0.2) is 0 Å². The lowest BCUT2D eigenvalue weighted by molar-refractivity contribution is -0.141. The number of rotatable bonds is 6. The van der Waals surface area contributed by atoms with Crippen LogP contribution in [0.2, 0.25) is 0 Å². The highest BCUT2D eigenvalue weighted by atomic mass is 16.5. The first-order valence-corrected chi connectivity index (χ1v) is 5.30. The molecule has 0 aliphatic heterocycles. The quantitative estimate of drug-likeness (QED) is 0.741. The first-order chi connectivity index (χ1) is 7.99. The molecule has 1 rings (SSSR count). The summed E-state index contributed by atoms with van der Waals surface area (Å²) in [6.07, 6.45) is 1.29. The molecule has 0 saturated carbocycles. The molecule has 7 heteroatoms. The summed E-state index contributed by atoms with van der Waals surface area (Å²) in [4.78, 5) is 25.8. The third-order valence-electron chi connectivity index (χ3n) is 2.11. The van der Waals surface area contributed by atoms with Crippen LogP contribution < -0.4 is 5.32 Å². The van der Waals surface area contributed by atoms with Crippen molar-refractivity contribution in [1.29, 1.82) is 0 Å². The Kier molecular flexibility index (Phi) is 4.62. The van der Waals surface area contributed by atoms with E-state index in [1.807, 2.05) is 0 Å². The van der Waals surface area contributed by atoms with E-state index in [4.69, 9.17) is 9.63 Å². The van der Waals surface area contributed by atoms with Gasteiger partial charge in [-0.2, -0.15) is 4.98 Å². The molecule has 1 amide bonds. The zero-order valence-electron chi connectivity index (χ0n) is 9.77. The number of nitrogens with one attached hydrogen (secondary N) is 1. The zero-order chi connectivity index (χ0) is 12.8. The standard InChI is InChI=1S/C10H15N3O4/c1-6(10(15)16)11-8(14)4-3-5-9-12-7(2)13-17-9/h6H,3-5H2,1-2H3,(H,11,14)(H,15,16)/t6-/m0/s1. The van der Waals surface area contributed by atoms with E-state index in [0.29, 0.717) is 24.6 Å². The van der Waals surface area contributed by atoms with Gasteiger partial charge in [0.2, 0.25) is 11.8 Å². The van der Waals surface area contributed by atoms with Crippen LogP contribution in [0.25, 0.3) is 0 Å². The van der Waals surface area contributed by atoms with Crippen LogP contribution in [0.15, 0.2) is 4.52 Å². The van der Waals surface area contributed by atoms with E-state index in [-0.39, 0.29) is 12.3 Å². The molecule has 0 bridgehead atoms. The van der Waals surface area contributed by atoms with Crippen molar-refractivity contribution in [3.05, 3.63) is 11.7 Å². The maximum atomic E-state index is 11.3. The third-order valence-corrected chi connectivity index (χ3v) is 2.11. The summed E-state index contributed by atoms with van der Waals surface area (Å²) < 4.78 is 4.88. The summed E-state index contributed by atoms with van der Waals surface area (Å²) in [5, 5.41) is 14.6. The van der Waals surface area contributed by atoms with E-state index in [1.165, 1.54) is 6.92 Å². The van der Waals surface area contributed by atoms with Crippen molar-refractivity contribution in [3.63, 3.8) is 0 Å². The highest BCUT2D eigenvalue weighted by molar-refractivity contribution is 5.83. The first-order valence-electron chi connectivity index (χ1n) is 5.30. The van der Waals surface area contributed by atoms with Crippen LogP contribution in [-0.4, -0.2) is 33.2 Å². The Morgan fingerprint density at radius 3 is 2.76 bits per heavy atom. The van der Waals surface area contributed by atoms with Gasteiger partial charge in [-0.1, -0.05) is 5.16 Å². The fourth-order valence-corrected chi connectivity index (χ4v) is 1.22. The van der Waals surface area contributed by atoms with Gasteiger partial charge in [-0.3, -0.25) is 9.59 Å². The van der Waals surface area contributed by atoms with Crippen molar-refractivity contribution < 1.29 is 19.2 Å². The summed E-state index contributed by atoms with van der Waals surface area (Å²) in [5.74, 6) is -0.299. The molecule has 0 unspecified atom stereocenters. The van der Waals surface area contributed by atoms with Gasteiger partial charge < -0.3 is 14.9 Å². The maximum Gasteiger partial charge on any atom is 0.325 e. The monoisotopic (exact) mass is 241 g/mol. The number of hydrogen-bond acceptors (Lipinski definition) is 5. The number of nitrogens with zero attached hydrogens (tertiary/aromatic N) is 2. The third kappa shape index (κ3) is 4.62. The molecule has 0 saturated heterocycles. The average Bonchev–Trinajstić information content (AvgIpc) is 2.64. The van der Waals surface area contributed by atoms with Crippen LogP contribution in [0.1, 0.15) is 31.5 Å². The number of aliphatic carboxylic acids is 1. The second kappa shape index (κ2) is 5.97. The number of amides is 1. The molecule has 1 aromatic rings. The number of carboxylic acids is 1. The second-order valence-corrected chi connectivity index (χ2v) is 3.72. The molecule has 0 radical (unpaired) electrons. The number of aryl methyl sites for hydroxylation is 2. The summed E-state index contributed by atoms with van der Waals surface area (Å²) >= 11 is 0.